The lowest BCUT2D eigenvalue weighted by Gasteiger charge is -2.24. The molecule has 4 nitrogen and oxygen atoms in total. The standard InChI is InChI=1S/C12H19NO3/c1-3-16-11(14)9-13-8-6-4-5-7-10(2)12(13)15/h2-9H2,1H3. The summed E-state index contributed by atoms with van der Waals surface area (Å²) in [5, 5.41) is 0. The average Bonchev–Trinajstić information content (AvgIpc) is 2.24. The largest absolute Gasteiger partial charge is 0.465 e. The van der Waals surface area contributed by atoms with Crippen molar-refractivity contribution in [2.45, 2.75) is 32.6 Å². The summed E-state index contributed by atoms with van der Waals surface area (Å²) >= 11 is 0. The van der Waals surface area contributed by atoms with E-state index in [0.29, 0.717) is 18.7 Å². The van der Waals surface area contributed by atoms with Crippen LogP contribution >= 0.6 is 0 Å². The van der Waals surface area contributed by atoms with Gasteiger partial charge in [0.2, 0.25) is 5.91 Å². The molecule has 1 rings (SSSR count). The van der Waals surface area contributed by atoms with Crippen LogP contribution in [0.4, 0.5) is 0 Å². The monoisotopic (exact) mass is 225 g/mol. The van der Waals surface area contributed by atoms with E-state index in [0.717, 1.165) is 25.7 Å². The Morgan fingerprint density at radius 1 is 1.44 bits per heavy atom. The molecule has 0 aromatic heterocycles. The number of carbonyl (C=O) groups is 2. The molecule has 0 N–H and O–H groups in total. The van der Waals surface area contributed by atoms with Crippen molar-refractivity contribution in [3.05, 3.63) is 12.2 Å². The minimum atomic E-state index is -0.343. The van der Waals surface area contributed by atoms with E-state index in [1.165, 1.54) is 0 Å². The molecule has 0 radical (unpaired) electrons. The van der Waals surface area contributed by atoms with E-state index in [4.69, 9.17) is 4.74 Å². The van der Waals surface area contributed by atoms with Gasteiger partial charge in [-0.2, -0.15) is 0 Å². The molecule has 1 fully saturated rings. The van der Waals surface area contributed by atoms with Crippen LogP contribution in [-0.4, -0.2) is 36.5 Å². The SMILES string of the molecule is C=C1CCCCCN(CC(=O)OCC)C1=O. The lowest BCUT2D eigenvalue weighted by Crippen LogP contribution is -2.38. The van der Waals surface area contributed by atoms with Crippen LogP contribution in [-0.2, 0) is 14.3 Å². The van der Waals surface area contributed by atoms with E-state index in [1.54, 1.807) is 11.8 Å². The molecule has 0 unspecified atom stereocenters. The Hall–Kier alpha value is -1.32. The number of hydrogen-bond acceptors (Lipinski definition) is 3. The van der Waals surface area contributed by atoms with Gasteiger partial charge < -0.3 is 9.64 Å². The predicted octanol–water partition coefficient (Wildman–Crippen LogP) is 1.51. The van der Waals surface area contributed by atoms with Crippen LogP contribution in [0, 0.1) is 0 Å². The van der Waals surface area contributed by atoms with Crippen molar-refractivity contribution in [3.63, 3.8) is 0 Å². The maximum atomic E-state index is 11.9. The zero-order valence-corrected chi connectivity index (χ0v) is 9.83. The first-order chi connectivity index (χ1) is 7.65. The smallest absolute Gasteiger partial charge is 0.325 e. The van der Waals surface area contributed by atoms with Gasteiger partial charge in [0.15, 0.2) is 0 Å². The van der Waals surface area contributed by atoms with Gasteiger partial charge in [-0.1, -0.05) is 13.0 Å². The highest BCUT2D eigenvalue weighted by atomic mass is 16.5. The second-order valence-electron chi connectivity index (χ2n) is 3.95. The molecule has 1 saturated heterocycles. The first-order valence-electron chi connectivity index (χ1n) is 5.77. The van der Waals surface area contributed by atoms with Gasteiger partial charge in [-0.25, -0.2) is 0 Å². The van der Waals surface area contributed by atoms with E-state index < -0.39 is 0 Å². The zero-order chi connectivity index (χ0) is 12.0. The topological polar surface area (TPSA) is 46.6 Å². The summed E-state index contributed by atoms with van der Waals surface area (Å²) in [5.41, 5.74) is 0.601. The van der Waals surface area contributed by atoms with E-state index in [1.807, 2.05) is 0 Å². The molecule has 0 atom stereocenters. The number of rotatable bonds is 3. The number of ether oxygens (including phenoxy) is 1. The second kappa shape index (κ2) is 6.30. The third-order valence-corrected chi connectivity index (χ3v) is 2.62. The molecule has 1 aliphatic rings. The molecule has 0 aromatic rings. The van der Waals surface area contributed by atoms with Gasteiger partial charge in [-0.15, -0.1) is 0 Å². The first kappa shape index (κ1) is 12.7. The van der Waals surface area contributed by atoms with E-state index in [2.05, 4.69) is 6.58 Å². The summed E-state index contributed by atoms with van der Waals surface area (Å²) in [6.45, 7) is 6.53. The summed E-state index contributed by atoms with van der Waals surface area (Å²) in [7, 11) is 0. The van der Waals surface area contributed by atoms with Crippen molar-refractivity contribution < 1.29 is 14.3 Å². The first-order valence-corrected chi connectivity index (χ1v) is 5.77. The Morgan fingerprint density at radius 3 is 2.88 bits per heavy atom. The molecular formula is C12H19NO3. The Balaban J connectivity index is 2.56. The molecule has 4 heteroatoms. The fraction of sp³-hybridized carbons (Fsp3) is 0.667. The lowest BCUT2D eigenvalue weighted by atomic mass is 10.0. The lowest BCUT2D eigenvalue weighted by molar-refractivity contribution is -0.148. The van der Waals surface area contributed by atoms with Gasteiger partial charge in [-0.3, -0.25) is 9.59 Å². The maximum Gasteiger partial charge on any atom is 0.325 e. The highest BCUT2D eigenvalue weighted by Crippen LogP contribution is 2.15. The van der Waals surface area contributed by atoms with E-state index in [-0.39, 0.29) is 18.4 Å². The number of esters is 1. The van der Waals surface area contributed by atoms with Gasteiger partial charge in [0, 0.05) is 12.1 Å². The summed E-state index contributed by atoms with van der Waals surface area (Å²) < 4.78 is 4.84. The van der Waals surface area contributed by atoms with Gasteiger partial charge in [0.1, 0.15) is 6.54 Å². The molecule has 90 valence electrons. The van der Waals surface area contributed by atoms with Crippen LogP contribution in [0.2, 0.25) is 0 Å². The van der Waals surface area contributed by atoms with Crippen molar-refractivity contribution in [1.29, 1.82) is 0 Å². The molecule has 0 aromatic carbocycles. The van der Waals surface area contributed by atoms with Crippen molar-refractivity contribution in [2.75, 3.05) is 19.7 Å². The fourth-order valence-corrected chi connectivity index (χ4v) is 1.76. The van der Waals surface area contributed by atoms with Gasteiger partial charge in [0.05, 0.1) is 6.61 Å². The molecule has 1 amide bonds. The van der Waals surface area contributed by atoms with Crippen LogP contribution < -0.4 is 0 Å². The van der Waals surface area contributed by atoms with E-state index in [9.17, 15) is 9.59 Å². The van der Waals surface area contributed by atoms with Crippen LogP contribution in [0.15, 0.2) is 12.2 Å². The molecule has 0 bridgehead atoms. The van der Waals surface area contributed by atoms with Crippen molar-refractivity contribution in [1.82, 2.24) is 4.90 Å². The fourth-order valence-electron chi connectivity index (χ4n) is 1.76. The highest BCUT2D eigenvalue weighted by molar-refractivity contribution is 5.94. The van der Waals surface area contributed by atoms with Crippen molar-refractivity contribution in [2.24, 2.45) is 0 Å². The van der Waals surface area contributed by atoms with Crippen LogP contribution in [0.1, 0.15) is 32.6 Å². The average molecular weight is 225 g/mol. The Bertz CT molecular complexity index is 286. The highest BCUT2D eigenvalue weighted by Gasteiger charge is 2.21. The molecule has 0 aliphatic carbocycles. The molecule has 0 spiro atoms. The number of carbonyl (C=O) groups excluding carboxylic acids is 2. The number of amides is 1. The molecule has 1 heterocycles. The van der Waals surface area contributed by atoms with Crippen LogP contribution in [0.5, 0.6) is 0 Å². The number of hydrogen-bond donors (Lipinski definition) is 0. The molecule has 0 saturated carbocycles. The van der Waals surface area contributed by atoms with Gasteiger partial charge >= 0.3 is 5.97 Å². The predicted molar refractivity (Wildman–Crippen MR) is 60.8 cm³/mol. The summed E-state index contributed by atoms with van der Waals surface area (Å²) in [5.74, 6) is -0.447. The Labute approximate surface area is 96.3 Å². The Morgan fingerprint density at radius 2 is 2.19 bits per heavy atom. The number of nitrogens with zero attached hydrogens (tertiary/aromatic N) is 1. The number of likely N-dealkylation sites (tertiary alicyclic amines) is 1. The normalized spacial score (nSPS) is 17.9. The second-order valence-corrected chi connectivity index (χ2v) is 3.95. The molecule has 1 aliphatic heterocycles. The summed E-state index contributed by atoms with van der Waals surface area (Å²) in [4.78, 5) is 24.7. The third-order valence-electron chi connectivity index (χ3n) is 2.62. The third kappa shape index (κ3) is 3.68. The minimum Gasteiger partial charge on any atom is -0.465 e. The molecular weight excluding hydrogens is 206 g/mol. The van der Waals surface area contributed by atoms with Crippen LogP contribution in [0.25, 0.3) is 0 Å². The van der Waals surface area contributed by atoms with E-state index >= 15 is 0 Å². The molecule has 16 heavy (non-hydrogen) atoms. The van der Waals surface area contributed by atoms with Crippen molar-refractivity contribution >= 4 is 11.9 Å². The van der Waals surface area contributed by atoms with Crippen molar-refractivity contribution in [3.8, 4) is 0 Å². The van der Waals surface area contributed by atoms with Crippen LogP contribution in [0.3, 0.4) is 0 Å². The zero-order valence-electron chi connectivity index (χ0n) is 9.83. The van der Waals surface area contributed by atoms with Gasteiger partial charge in [0.25, 0.3) is 0 Å². The minimum absolute atomic E-state index is 0.0473. The summed E-state index contributed by atoms with van der Waals surface area (Å²) in [6.07, 6.45) is 3.76. The quantitative estimate of drug-likeness (QED) is 0.540. The summed E-state index contributed by atoms with van der Waals surface area (Å²) in [6, 6.07) is 0. The Kier molecular flexibility index (Phi) is 5.02. The maximum absolute atomic E-state index is 11.9. The van der Waals surface area contributed by atoms with Gasteiger partial charge in [-0.05, 0) is 26.2 Å².